The van der Waals surface area contributed by atoms with E-state index in [9.17, 15) is 9.59 Å². The molecule has 3 nitrogen and oxygen atoms in total. The molecule has 3 aromatic carbocycles. The third kappa shape index (κ3) is 4.36. The number of aromatic nitrogens is 1. The molecule has 0 radical (unpaired) electrons. The minimum atomic E-state index is -0.139. The van der Waals surface area contributed by atoms with Crippen molar-refractivity contribution in [3.8, 4) is 11.3 Å². The molecule has 34 heavy (non-hydrogen) atoms. The van der Waals surface area contributed by atoms with E-state index in [-0.39, 0.29) is 17.6 Å². The van der Waals surface area contributed by atoms with Crippen LogP contribution in [0.4, 0.5) is 0 Å². The van der Waals surface area contributed by atoms with E-state index >= 15 is 0 Å². The molecular weight excluding hydrogens is 442 g/mol. The molecule has 0 bridgehead atoms. The van der Waals surface area contributed by atoms with Crippen molar-refractivity contribution in [2.45, 2.75) is 38.1 Å². The average molecular weight is 468 g/mol. The molecule has 0 aliphatic heterocycles. The summed E-state index contributed by atoms with van der Waals surface area (Å²) in [5.41, 5.74) is 3.76. The van der Waals surface area contributed by atoms with Gasteiger partial charge in [-0.25, -0.2) is 0 Å². The second kappa shape index (κ2) is 9.82. The zero-order chi connectivity index (χ0) is 23.5. The Morgan fingerprint density at radius 3 is 1.85 bits per heavy atom. The van der Waals surface area contributed by atoms with Gasteiger partial charge < -0.3 is 4.57 Å². The lowest BCUT2D eigenvalue weighted by Gasteiger charge is -2.26. The van der Waals surface area contributed by atoms with Crippen molar-refractivity contribution >= 4 is 23.2 Å². The van der Waals surface area contributed by atoms with E-state index in [1.54, 1.807) is 12.1 Å². The van der Waals surface area contributed by atoms with Gasteiger partial charge in [-0.15, -0.1) is 0 Å². The van der Waals surface area contributed by atoms with Gasteiger partial charge in [-0.1, -0.05) is 104 Å². The largest absolute Gasteiger partial charge is 0.343 e. The number of hydrogen-bond acceptors (Lipinski definition) is 2. The van der Waals surface area contributed by atoms with E-state index in [4.69, 9.17) is 11.6 Å². The first-order valence-electron chi connectivity index (χ1n) is 11.8. The first kappa shape index (κ1) is 22.4. The van der Waals surface area contributed by atoms with Crippen molar-refractivity contribution in [1.29, 1.82) is 0 Å². The molecule has 0 atom stereocenters. The molecule has 0 N–H and O–H groups in total. The lowest BCUT2D eigenvalue weighted by molar-refractivity contribution is 0.100. The van der Waals surface area contributed by atoms with Crippen LogP contribution in [-0.4, -0.2) is 16.1 Å². The van der Waals surface area contributed by atoms with Gasteiger partial charge in [-0.3, -0.25) is 9.59 Å². The number of ketones is 2. The van der Waals surface area contributed by atoms with Gasteiger partial charge in [0.25, 0.3) is 0 Å². The number of rotatable bonds is 6. The fourth-order valence-electron chi connectivity index (χ4n) is 4.95. The van der Waals surface area contributed by atoms with Gasteiger partial charge in [0, 0.05) is 28.4 Å². The summed E-state index contributed by atoms with van der Waals surface area (Å²) in [6.45, 7) is 0. The molecule has 170 valence electrons. The number of carbonyl (C=O) groups is 2. The van der Waals surface area contributed by atoms with E-state index in [2.05, 4.69) is 4.57 Å². The quantitative estimate of drug-likeness (QED) is 0.271. The summed E-state index contributed by atoms with van der Waals surface area (Å²) < 4.78 is 2.19. The topological polar surface area (TPSA) is 39.1 Å². The summed E-state index contributed by atoms with van der Waals surface area (Å²) in [4.78, 5) is 27.7. The molecule has 0 unspecified atom stereocenters. The monoisotopic (exact) mass is 467 g/mol. The zero-order valence-corrected chi connectivity index (χ0v) is 19.7. The predicted octanol–water partition coefficient (Wildman–Crippen LogP) is 7.78. The number of carbonyl (C=O) groups excluding carboxylic acids is 2. The minimum Gasteiger partial charge on any atom is -0.343 e. The van der Waals surface area contributed by atoms with Gasteiger partial charge in [0.2, 0.25) is 0 Å². The van der Waals surface area contributed by atoms with Crippen molar-refractivity contribution in [3.05, 3.63) is 118 Å². The van der Waals surface area contributed by atoms with Crippen LogP contribution in [0.1, 0.15) is 70.0 Å². The van der Waals surface area contributed by atoms with Gasteiger partial charge in [0.05, 0.1) is 16.8 Å². The summed E-state index contributed by atoms with van der Waals surface area (Å²) >= 11 is 6.19. The summed E-state index contributed by atoms with van der Waals surface area (Å²) in [6, 6.07) is 26.2. The number of halogens is 1. The SMILES string of the molecule is O=C(c1ccccc1)c1cn(C2CCCCC2)c(-c2ccc(Cl)cc2)c1C(=O)c1ccccc1. The van der Waals surface area contributed by atoms with Crippen LogP contribution >= 0.6 is 11.6 Å². The molecule has 4 aromatic rings. The highest BCUT2D eigenvalue weighted by Gasteiger charge is 2.30. The lowest BCUT2D eigenvalue weighted by atomic mass is 9.92. The van der Waals surface area contributed by atoms with Crippen LogP contribution in [0.15, 0.2) is 91.1 Å². The maximum Gasteiger partial charge on any atom is 0.195 e. The van der Waals surface area contributed by atoms with Gasteiger partial charge in [-0.2, -0.15) is 0 Å². The van der Waals surface area contributed by atoms with E-state index < -0.39 is 0 Å². The van der Waals surface area contributed by atoms with Crippen molar-refractivity contribution in [2.24, 2.45) is 0 Å². The van der Waals surface area contributed by atoms with Crippen LogP contribution in [0.3, 0.4) is 0 Å². The number of hydrogen-bond donors (Lipinski definition) is 0. The lowest BCUT2D eigenvalue weighted by Crippen LogP contribution is -2.14. The molecule has 1 fully saturated rings. The normalized spacial score (nSPS) is 14.1. The Balaban J connectivity index is 1.77. The van der Waals surface area contributed by atoms with Gasteiger partial charge in [0.1, 0.15) is 0 Å². The minimum absolute atomic E-state index is 0.135. The highest BCUT2D eigenvalue weighted by molar-refractivity contribution is 6.30. The van der Waals surface area contributed by atoms with Crippen LogP contribution in [0.5, 0.6) is 0 Å². The molecule has 0 saturated heterocycles. The van der Waals surface area contributed by atoms with Crippen molar-refractivity contribution < 1.29 is 9.59 Å². The standard InChI is InChI=1S/C30H26ClNO2/c31-24-18-16-21(17-19-24)28-27(30(34)23-12-6-2-7-13-23)26(29(33)22-10-4-1-5-11-22)20-32(28)25-14-8-3-9-15-25/h1-2,4-7,10-13,16-20,25H,3,8-9,14-15H2. The Morgan fingerprint density at radius 2 is 1.26 bits per heavy atom. The van der Waals surface area contributed by atoms with Crippen LogP contribution in [-0.2, 0) is 0 Å². The third-order valence-corrected chi connectivity index (χ3v) is 6.91. The predicted molar refractivity (Wildman–Crippen MR) is 137 cm³/mol. The number of nitrogens with zero attached hydrogens (tertiary/aromatic N) is 1. The Morgan fingerprint density at radius 1 is 0.706 bits per heavy atom. The smallest absolute Gasteiger partial charge is 0.195 e. The first-order valence-corrected chi connectivity index (χ1v) is 12.2. The average Bonchev–Trinajstić information content (AvgIpc) is 3.30. The second-order valence-electron chi connectivity index (χ2n) is 8.86. The van der Waals surface area contributed by atoms with Crippen molar-refractivity contribution in [2.75, 3.05) is 0 Å². The van der Waals surface area contributed by atoms with Gasteiger partial charge in [0.15, 0.2) is 11.6 Å². The van der Waals surface area contributed by atoms with Gasteiger partial charge in [-0.05, 0) is 30.5 Å². The molecule has 1 aliphatic carbocycles. The van der Waals surface area contributed by atoms with Crippen molar-refractivity contribution in [3.63, 3.8) is 0 Å². The van der Waals surface area contributed by atoms with Crippen molar-refractivity contribution in [1.82, 2.24) is 4.57 Å². The molecule has 1 aliphatic rings. The summed E-state index contributed by atoms with van der Waals surface area (Å²) in [6.07, 6.45) is 7.51. The van der Waals surface area contributed by atoms with Crippen LogP contribution in [0, 0.1) is 0 Å². The highest BCUT2D eigenvalue weighted by atomic mass is 35.5. The molecule has 4 heteroatoms. The highest BCUT2D eigenvalue weighted by Crippen LogP contribution is 2.39. The molecule has 1 aromatic heterocycles. The second-order valence-corrected chi connectivity index (χ2v) is 9.30. The fraction of sp³-hybridized carbons (Fsp3) is 0.200. The van der Waals surface area contributed by atoms with Gasteiger partial charge >= 0.3 is 0 Å². The Labute approximate surface area is 205 Å². The molecule has 1 saturated carbocycles. The Hall–Kier alpha value is -3.43. The van der Waals surface area contributed by atoms with E-state index in [1.807, 2.05) is 79.0 Å². The summed E-state index contributed by atoms with van der Waals surface area (Å²) in [5.74, 6) is -0.274. The summed E-state index contributed by atoms with van der Waals surface area (Å²) in [7, 11) is 0. The molecule has 1 heterocycles. The maximum atomic E-state index is 14.0. The molecule has 0 spiro atoms. The van der Waals surface area contributed by atoms with E-state index in [0.717, 1.165) is 36.9 Å². The molecule has 0 amide bonds. The Kier molecular flexibility index (Phi) is 6.46. The van der Waals surface area contributed by atoms with E-state index in [1.165, 1.54) is 6.42 Å². The maximum absolute atomic E-state index is 14.0. The number of benzene rings is 3. The van der Waals surface area contributed by atoms with Crippen LogP contribution in [0.25, 0.3) is 11.3 Å². The fourth-order valence-corrected chi connectivity index (χ4v) is 5.08. The first-order chi connectivity index (χ1) is 16.6. The van der Waals surface area contributed by atoms with E-state index in [0.29, 0.717) is 27.3 Å². The zero-order valence-electron chi connectivity index (χ0n) is 18.9. The van der Waals surface area contributed by atoms with Crippen LogP contribution < -0.4 is 0 Å². The Bertz CT molecular complexity index is 1300. The molecular formula is C30H26ClNO2. The van der Waals surface area contributed by atoms with Crippen LogP contribution in [0.2, 0.25) is 5.02 Å². The third-order valence-electron chi connectivity index (χ3n) is 6.66. The molecule has 5 rings (SSSR count). The summed E-state index contributed by atoms with van der Waals surface area (Å²) in [5, 5.41) is 0.635.